The third-order valence-corrected chi connectivity index (χ3v) is 8.40. The Morgan fingerprint density at radius 1 is 1.11 bits per heavy atom. The Bertz CT molecular complexity index is 1130. The number of benzene rings is 2. The number of hydrogen-bond acceptors (Lipinski definition) is 4. The molecule has 4 rings (SSSR count). The van der Waals surface area contributed by atoms with Crippen LogP contribution in [0, 0.1) is 5.92 Å². The number of carbonyl (C=O) groups is 1. The maximum absolute atomic E-state index is 13.3. The molecule has 0 amide bonds. The number of piperidine rings is 1. The fraction of sp³-hybridized carbons (Fsp3) is 0.500. The van der Waals surface area contributed by atoms with Gasteiger partial charge in [0.15, 0.2) is 0 Å². The molecule has 2 aromatic rings. The van der Waals surface area contributed by atoms with E-state index < -0.39 is 0 Å². The lowest BCUT2D eigenvalue weighted by Gasteiger charge is -2.33. The number of phenolic OH excluding ortho intramolecular Hbond substituents is 1. The van der Waals surface area contributed by atoms with Crippen molar-refractivity contribution in [1.82, 2.24) is 4.90 Å². The Hall–Kier alpha value is -2.85. The average Bonchev–Trinajstić information content (AvgIpc) is 2.89. The fourth-order valence-corrected chi connectivity index (χ4v) is 6.20. The molecule has 1 aliphatic heterocycles. The smallest absolute Gasteiger partial charge is 0.325 e. The minimum Gasteiger partial charge on any atom is -0.507 e. The van der Waals surface area contributed by atoms with E-state index >= 15 is 0 Å². The van der Waals surface area contributed by atoms with Crippen molar-refractivity contribution < 1.29 is 14.6 Å². The summed E-state index contributed by atoms with van der Waals surface area (Å²) in [5.41, 5.74) is 5.54. The maximum Gasteiger partial charge on any atom is 0.325 e. The molecule has 1 aliphatic carbocycles. The quantitative estimate of drug-likeness (QED) is 0.151. The molecule has 2 atom stereocenters. The maximum atomic E-state index is 13.3. The highest BCUT2D eigenvalue weighted by Crippen LogP contribution is 2.47. The molecule has 0 unspecified atom stereocenters. The highest BCUT2D eigenvalue weighted by Gasteiger charge is 2.32. The van der Waals surface area contributed by atoms with E-state index in [4.69, 9.17) is 4.74 Å². The van der Waals surface area contributed by atoms with Crippen LogP contribution in [0.4, 0.5) is 0 Å². The first-order valence-corrected chi connectivity index (χ1v) is 14.5. The Kier molecular flexibility index (Phi) is 9.85. The fourth-order valence-electron chi connectivity index (χ4n) is 6.20. The molecular weight excluding hydrogens is 470 g/mol. The lowest BCUT2D eigenvalue weighted by atomic mass is 9.73. The Labute approximate surface area is 229 Å². The van der Waals surface area contributed by atoms with Gasteiger partial charge in [0, 0.05) is 11.5 Å². The highest BCUT2D eigenvalue weighted by molar-refractivity contribution is 5.75. The SMILES string of the molecule is C=C(C)[C@@H]1CCC(C)=C[C@H]1c1c(O)cc(CCCCC)cc1OC(=O)CN1CCC(c2ccccc2)CC1. The number of unbranched alkanes of at least 4 members (excludes halogenated alkanes) is 2. The minimum absolute atomic E-state index is 0.0460. The molecule has 1 fully saturated rings. The Balaban J connectivity index is 1.51. The summed E-state index contributed by atoms with van der Waals surface area (Å²) in [6, 6.07) is 14.5. The number of phenols is 1. The molecule has 4 heteroatoms. The number of carbonyl (C=O) groups excluding carboxylic acids is 1. The number of rotatable bonds is 10. The van der Waals surface area contributed by atoms with Gasteiger partial charge < -0.3 is 9.84 Å². The van der Waals surface area contributed by atoms with E-state index in [2.05, 4.69) is 68.7 Å². The normalized spacial score (nSPS) is 20.7. The van der Waals surface area contributed by atoms with E-state index in [0.717, 1.165) is 81.2 Å². The molecule has 2 aromatic carbocycles. The van der Waals surface area contributed by atoms with Crippen molar-refractivity contribution in [3.63, 3.8) is 0 Å². The molecule has 38 heavy (non-hydrogen) atoms. The van der Waals surface area contributed by atoms with Gasteiger partial charge in [-0.15, -0.1) is 0 Å². The van der Waals surface area contributed by atoms with Crippen LogP contribution in [-0.4, -0.2) is 35.6 Å². The van der Waals surface area contributed by atoms with Gasteiger partial charge in [-0.1, -0.05) is 73.9 Å². The van der Waals surface area contributed by atoms with Gasteiger partial charge in [0.2, 0.25) is 0 Å². The number of likely N-dealkylation sites (tertiary alicyclic amines) is 1. The summed E-state index contributed by atoms with van der Waals surface area (Å²) < 4.78 is 6.10. The van der Waals surface area contributed by atoms with Crippen LogP contribution in [0.3, 0.4) is 0 Å². The van der Waals surface area contributed by atoms with E-state index in [1.54, 1.807) is 0 Å². The Morgan fingerprint density at radius 3 is 2.53 bits per heavy atom. The summed E-state index contributed by atoms with van der Waals surface area (Å²) >= 11 is 0. The van der Waals surface area contributed by atoms with Crippen molar-refractivity contribution in [2.24, 2.45) is 5.92 Å². The van der Waals surface area contributed by atoms with Crippen LogP contribution in [0.15, 0.2) is 66.3 Å². The largest absolute Gasteiger partial charge is 0.507 e. The molecule has 0 bridgehead atoms. The first-order valence-electron chi connectivity index (χ1n) is 14.5. The van der Waals surface area contributed by atoms with Gasteiger partial charge in [-0.05, 0) is 101 Å². The van der Waals surface area contributed by atoms with Crippen LogP contribution in [0.25, 0.3) is 0 Å². The highest BCUT2D eigenvalue weighted by atomic mass is 16.5. The lowest BCUT2D eigenvalue weighted by molar-refractivity contribution is -0.136. The van der Waals surface area contributed by atoms with Gasteiger partial charge in [-0.3, -0.25) is 9.69 Å². The van der Waals surface area contributed by atoms with E-state index in [1.807, 2.05) is 12.1 Å². The third-order valence-electron chi connectivity index (χ3n) is 8.40. The number of aryl methyl sites for hydroxylation is 1. The second-order valence-corrected chi connectivity index (χ2v) is 11.4. The lowest BCUT2D eigenvalue weighted by Crippen LogP contribution is -2.38. The molecule has 2 aliphatic rings. The second kappa shape index (κ2) is 13.3. The molecule has 0 spiro atoms. The van der Waals surface area contributed by atoms with E-state index in [9.17, 15) is 9.90 Å². The summed E-state index contributed by atoms with van der Waals surface area (Å²) in [7, 11) is 0. The van der Waals surface area contributed by atoms with E-state index in [0.29, 0.717) is 11.7 Å². The first kappa shape index (κ1) is 28.2. The molecule has 0 saturated carbocycles. The predicted molar refractivity (Wildman–Crippen MR) is 156 cm³/mol. The number of ether oxygens (including phenoxy) is 1. The summed E-state index contributed by atoms with van der Waals surface area (Å²) in [6.45, 7) is 12.7. The topological polar surface area (TPSA) is 49.8 Å². The zero-order chi connectivity index (χ0) is 27.1. The summed E-state index contributed by atoms with van der Waals surface area (Å²) in [4.78, 5) is 15.5. The monoisotopic (exact) mass is 515 g/mol. The summed E-state index contributed by atoms with van der Waals surface area (Å²) in [5.74, 6) is 1.21. The second-order valence-electron chi connectivity index (χ2n) is 11.4. The van der Waals surface area contributed by atoms with Crippen LogP contribution < -0.4 is 4.74 Å². The van der Waals surface area contributed by atoms with Crippen LogP contribution in [0.1, 0.15) is 94.2 Å². The van der Waals surface area contributed by atoms with Crippen LogP contribution in [-0.2, 0) is 11.2 Å². The minimum atomic E-state index is -0.252. The molecule has 0 radical (unpaired) electrons. The number of esters is 1. The Morgan fingerprint density at radius 2 is 1.84 bits per heavy atom. The standard InChI is InChI=1S/C34H45NO3/c1-5-6-8-11-26-21-31(36)34(30-20-25(4)14-15-29(30)24(2)3)32(22-26)38-33(37)23-35-18-16-28(17-19-35)27-12-9-7-10-13-27/h7,9-10,12-13,20-22,28-30,36H,2,5-6,8,11,14-19,23H2,1,3-4H3/t29-,30+/m0/s1. The van der Waals surface area contributed by atoms with Crippen LogP contribution >= 0.6 is 0 Å². The van der Waals surface area contributed by atoms with Crippen LogP contribution in [0.2, 0.25) is 0 Å². The van der Waals surface area contributed by atoms with Crippen molar-refractivity contribution in [3.8, 4) is 11.5 Å². The van der Waals surface area contributed by atoms with Gasteiger partial charge >= 0.3 is 5.97 Å². The number of aromatic hydroxyl groups is 1. The van der Waals surface area contributed by atoms with Gasteiger partial charge in [0.05, 0.1) is 6.54 Å². The molecule has 1 heterocycles. The van der Waals surface area contributed by atoms with Gasteiger partial charge in [-0.2, -0.15) is 0 Å². The number of allylic oxidation sites excluding steroid dienone is 3. The van der Waals surface area contributed by atoms with Crippen LogP contribution in [0.5, 0.6) is 11.5 Å². The number of nitrogens with zero attached hydrogens (tertiary/aromatic N) is 1. The molecule has 204 valence electrons. The zero-order valence-corrected chi connectivity index (χ0v) is 23.5. The molecule has 4 nitrogen and oxygen atoms in total. The van der Waals surface area contributed by atoms with Crippen molar-refractivity contribution in [1.29, 1.82) is 0 Å². The molecule has 0 aromatic heterocycles. The summed E-state index contributed by atoms with van der Waals surface area (Å²) in [5, 5.41) is 11.3. The summed E-state index contributed by atoms with van der Waals surface area (Å²) in [6.07, 6.45) is 10.5. The predicted octanol–water partition coefficient (Wildman–Crippen LogP) is 7.93. The van der Waals surface area contributed by atoms with Crippen molar-refractivity contribution in [2.75, 3.05) is 19.6 Å². The first-order chi connectivity index (χ1) is 18.4. The third kappa shape index (κ3) is 7.17. The molecule has 1 saturated heterocycles. The van der Waals surface area contributed by atoms with Crippen molar-refractivity contribution >= 4 is 5.97 Å². The molecular formula is C34H45NO3. The van der Waals surface area contributed by atoms with Gasteiger partial charge in [0.1, 0.15) is 11.5 Å². The number of hydrogen-bond donors (Lipinski definition) is 1. The van der Waals surface area contributed by atoms with E-state index in [-0.39, 0.29) is 30.1 Å². The van der Waals surface area contributed by atoms with Crippen molar-refractivity contribution in [2.45, 2.75) is 84.0 Å². The van der Waals surface area contributed by atoms with Gasteiger partial charge in [-0.25, -0.2) is 0 Å². The molecule has 1 N–H and O–H groups in total. The van der Waals surface area contributed by atoms with E-state index in [1.165, 1.54) is 11.1 Å². The average molecular weight is 516 g/mol. The van der Waals surface area contributed by atoms with Crippen molar-refractivity contribution in [3.05, 3.63) is 83.0 Å². The van der Waals surface area contributed by atoms with Gasteiger partial charge in [0.25, 0.3) is 0 Å². The zero-order valence-electron chi connectivity index (χ0n) is 23.5.